The monoisotopic (exact) mass is 350 g/mol. The maximum absolute atomic E-state index is 13.9. The van der Waals surface area contributed by atoms with Gasteiger partial charge in [-0.25, -0.2) is 8.78 Å². The van der Waals surface area contributed by atoms with Crippen LogP contribution in [0.4, 0.5) is 8.78 Å². The number of halogens is 2. The van der Waals surface area contributed by atoms with E-state index in [0.29, 0.717) is 13.1 Å². The van der Waals surface area contributed by atoms with Crippen LogP contribution >= 0.6 is 0 Å². The second kappa shape index (κ2) is 8.85. The number of alkyl halides is 2. The van der Waals surface area contributed by atoms with Gasteiger partial charge < -0.3 is 9.47 Å². The molecular formula is C17H32F2N2O3. The molecule has 0 atom stereocenters. The van der Waals surface area contributed by atoms with E-state index in [0.717, 1.165) is 25.9 Å². The summed E-state index contributed by atoms with van der Waals surface area (Å²) in [5, 5.41) is 1.92. The fraction of sp³-hybridized carbons (Fsp3) is 1.00. The Hall–Kier alpha value is -0.340. The Balaban J connectivity index is 1.60. The van der Waals surface area contributed by atoms with Gasteiger partial charge in [0, 0.05) is 13.1 Å². The predicted octanol–water partition coefficient (Wildman–Crippen LogP) is 2.55. The summed E-state index contributed by atoms with van der Waals surface area (Å²) in [4.78, 5) is 7.39. The molecule has 0 aromatic rings. The van der Waals surface area contributed by atoms with E-state index < -0.39 is 12.5 Å². The smallest absolute Gasteiger partial charge is 0.283 e. The lowest BCUT2D eigenvalue weighted by Crippen LogP contribution is -2.54. The zero-order valence-corrected chi connectivity index (χ0v) is 15.3. The number of likely N-dealkylation sites (tertiary alicyclic amines) is 1. The molecule has 0 saturated carbocycles. The molecule has 5 nitrogen and oxygen atoms in total. The third kappa shape index (κ3) is 6.88. The SMILES string of the molecule is CC(C)OCC(F)(F)CN1CCC(OC2CN(OC(C)C)C2)CC1. The van der Waals surface area contributed by atoms with Gasteiger partial charge in [-0.05, 0) is 40.5 Å². The summed E-state index contributed by atoms with van der Waals surface area (Å²) in [5.74, 6) is -2.79. The van der Waals surface area contributed by atoms with Crippen LogP contribution in [-0.2, 0) is 14.3 Å². The van der Waals surface area contributed by atoms with Gasteiger partial charge in [-0.2, -0.15) is 5.06 Å². The van der Waals surface area contributed by atoms with Crippen molar-refractivity contribution in [3.05, 3.63) is 0 Å². The summed E-state index contributed by atoms with van der Waals surface area (Å²) in [6.45, 7) is 9.71. The minimum absolute atomic E-state index is 0.170. The average molecular weight is 350 g/mol. The minimum atomic E-state index is -2.79. The van der Waals surface area contributed by atoms with E-state index in [-0.39, 0.29) is 31.0 Å². The Labute approximate surface area is 144 Å². The van der Waals surface area contributed by atoms with Crippen molar-refractivity contribution in [1.29, 1.82) is 0 Å². The number of piperidine rings is 1. The average Bonchev–Trinajstić information content (AvgIpc) is 2.44. The van der Waals surface area contributed by atoms with Crippen molar-refractivity contribution >= 4 is 0 Å². The Morgan fingerprint density at radius 2 is 1.62 bits per heavy atom. The van der Waals surface area contributed by atoms with E-state index in [2.05, 4.69) is 0 Å². The highest BCUT2D eigenvalue weighted by Crippen LogP contribution is 2.23. The molecule has 2 aliphatic heterocycles. The molecule has 7 heteroatoms. The summed E-state index contributed by atoms with van der Waals surface area (Å²) >= 11 is 0. The second-order valence-corrected chi connectivity index (χ2v) is 7.45. The molecule has 0 bridgehead atoms. The largest absolute Gasteiger partial charge is 0.372 e. The van der Waals surface area contributed by atoms with E-state index in [9.17, 15) is 8.78 Å². The van der Waals surface area contributed by atoms with Gasteiger partial charge in [0.15, 0.2) is 0 Å². The third-order valence-corrected chi connectivity index (χ3v) is 4.18. The Bertz CT molecular complexity index is 369. The van der Waals surface area contributed by atoms with Gasteiger partial charge in [-0.1, -0.05) is 0 Å². The van der Waals surface area contributed by atoms with E-state index >= 15 is 0 Å². The Morgan fingerprint density at radius 1 is 1.00 bits per heavy atom. The number of hydrogen-bond acceptors (Lipinski definition) is 5. The van der Waals surface area contributed by atoms with E-state index in [1.807, 2.05) is 23.8 Å². The molecule has 0 amide bonds. The van der Waals surface area contributed by atoms with Crippen LogP contribution in [0.2, 0.25) is 0 Å². The van der Waals surface area contributed by atoms with Crippen LogP contribution in [-0.4, -0.2) is 79.6 Å². The molecule has 2 heterocycles. The molecular weight excluding hydrogens is 318 g/mol. The van der Waals surface area contributed by atoms with Gasteiger partial charge in [0.25, 0.3) is 5.92 Å². The lowest BCUT2D eigenvalue weighted by Gasteiger charge is -2.42. The Kier molecular flexibility index (Phi) is 7.37. The first kappa shape index (κ1) is 20.0. The molecule has 0 spiro atoms. The van der Waals surface area contributed by atoms with Crippen molar-refractivity contribution in [3.63, 3.8) is 0 Å². The van der Waals surface area contributed by atoms with E-state index in [1.54, 1.807) is 13.8 Å². The predicted molar refractivity (Wildman–Crippen MR) is 88.2 cm³/mol. The van der Waals surface area contributed by atoms with E-state index in [1.165, 1.54) is 0 Å². The number of ether oxygens (including phenoxy) is 2. The first-order valence-corrected chi connectivity index (χ1v) is 9.02. The van der Waals surface area contributed by atoms with Crippen LogP contribution in [0.1, 0.15) is 40.5 Å². The summed E-state index contributed by atoms with van der Waals surface area (Å²) in [7, 11) is 0. The van der Waals surface area contributed by atoms with Gasteiger partial charge in [0.05, 0.1) is 44.1 Å². The normalized spacial score (nSPS) is 22.5. The summed E-state index contributed by atoms with van der Waals surface area (Å²) in [6, 6.07) is 0. The topological polar surface area (TPSA) is 34.2 Å². The van der Waals surface area contributed by atoms with Crippen molar-refractivity contribution < 1.29 is 23.1 Å². The number of hydrogen-bond donors (Lipinski definition) is 0. The zero-order chi connectivity index (χ0) is 17.7. The highest BCUT2D eigenvalue weighted by molar-refractivity contribution is 4.82. The molecule has 142 valence electrons. The molecule has 0 radical (unpaired) electrons. The van der Waals surface area contributed by atoms with Gasteiger partial charge in [-0.15, -0.1) is 0 Å². The zero-order valence-electron chi connectivity index (χ0n) is 15.3. The molecule has 0 N–H and O–H groups in total. The molecule has 0 aliphatic carbocycles. The lowest BCUT2D eigenvalue weighted by molar-refractivity contribution is -0.271. The van der Waals surface area contributed by atoms with Gasteiger partial charge in [0.1, 0.15) is 6.61 Å². The van der Waals surface area contributed by atoms with Crippen molar-refractivity contribution in [1.82, 2.24) is 9.96 Å². The standard InChI is InChI=1S/C17H32F2N2O3/c1-13(2)22-12-17(18,19)11-20-7-5-15(6-8-20)23-16-9-21(10-16)24-14(3)4/h13-16H,5-12H2,1-4H3. The molecule has 24 heavy (non-hydrogen) atoms. The van der Waals surface area contributed by atoms with Gasteiger partial charge in [0.2, 0.25) is 0 Å². The first-order chi connectivity index (χ1) is 11.2. The van der Waals surface area contributed by atoms with Gasteiger partial charge in [-0.3, -0.25) is 9.74 Å². The fourth-order valence-electron chi connectivity index (χ4n) is 3.01. The van der Waals surface area contributed by atoms with Crippen LogP contribution in [0.3, 0.4) is 0 Å². The molecule has 2 rings (SSSR count). The minimum Gasteiger partial charge on any atom is -0.372 e. The van der Waals surface area contributed by atoms with Crippen molar-refractivity contribution in [3.8, 4) is 0 Å². The summed E-state index contributed by atoms with van der Waals surface area (Å²) < 4.78 is 38.8. The molecule has 0 unspecified atom stereocenters. The number of rotatable bonds is 9. The lowest BCUT2D eigenvalue weighted by atomic mass is 10.1. The summed E-state index contributed by atoms with van der Waals surface area (Å²) in [5.41, 5.74) is 0. The number of nitrogens with zero attached hydrogens (tertiary/aromatic N) is 2. The van der Waals surface area contributed by atoms with E-state index in [4.69, 9.17) is 14.3 Å². The Morgan fingerprint density at radius 3 is 2.17 bits per heavy atom. The molecule has 2 saturated heterocycles. The fourth-order valence-corrected chi connectivity index (χ4v) is 3.01. The highest BCUT2D eigenvalue weighted by Gasteiger charge is 2.36. The van der Waals surface area contributed by atoms with Crippen LogP contribution < -0.4 is 0 Å². The van der Waals surface area contributed by atoms with Crippen molar-refractivity contribution in [2.24, 2.45) is 0 Å². The quantitative estimate of drug-likeness (QED) is 0.638. The molecule has 0 aromatic carbocycles. The molecule has 0 aromatic heterocycles. The van der Waals surface area contributed by atoms with Crippen molar-refractivity contribution in [2.45, 2.75) is 70.9 Å². The van der Waals surface area contributed by atoms with Crippen molar-refractivity contribution in [2.75, 3.05) is 39.3 Å². The first-order valence-electron chi connectivity index (χ1n) is 9.02. The maximum atomic E-state index is 13.9. The van der Waals surface area contributed by atoms with Crippen LogP contribution in [0.25, 0.3) is 0 Å². The third-order valence-electron chi connectivity index (χ3n) is 4.18. The molecule has 2 aliphatic rings. The van der Waals surface area contributed by atoms with Crippen LogP contribution in [0, 0.1) is 0 Å². The number of hydroxylamine groups is 2. The summed E-state index contributed by atoms with van der Waals surface area (Å²) in [6.07, 6.45) is 2.02. The highest BCUT2D eigenvalue weighted by atomic mass is 19.3. The van der Waals surface area contributed by atoms with Gasteiger partial charge >= 0.3 is 0 Å². The maximum Gasteiger partial charge on any atom is 0.283 e. The van der Waals surface area contributed by atoms with Crippen LogP contribution in [0.5, 0.6) is 0 Å². The molecule has 2 fully saturated rings. The second-order valence-electron chi connectivity index (χ2n) is 7.45. The van der Waals surface area contributed by atoms with Crippen LogP contribution in [0.15, 0.2) is 0 Å².